The van der Waals surface area contributed by atoms with Crippen molar-refractivity contribution in [3.63, 3.8) is 0 Å². The molecule has 0 atom stereocenters. The third-order valence-corrected chi connectivity index (χ3v) is 10.7. The van der Waals surface area contributed by atoms with E-state index in [9.17, 15) is 9.59 Å². The number of aryl methyl sites for hydroxylation is 2. The summed E-state index contributed by atoms with van der Waals surface area (Å²) in [6.07, 6.45) is 5.87. The number of nitrogens with two attached hydrogens (primary N) is 1. The van der Waals surface area contributed by atoms with Crippen molar-refractivity contribution < 1.29 is 19.1 Å². The van der Waals surface area contributed by atoms with E-state index in [-0.39, 0.29) is 18.5 Å². The molecule has 312 valence electrons. The Hall–Kier alpha value is -5.91. The third kappa shape index (κ3) is 11.2. The van der Waals surface area contributed by atoms with Gasteiger partial charge in [-0.05, 0) is 63.9 Å². The minimum Gasteiger partial charge on any atom is -0.465 e. The Balaban J connectivity index is 0.000000228. The van der Waals surface area contributed by atoms with Crippen molar-refractivity contribution in [3.05, 3.63) is 163 Å². The number of hydrogen-bond acceptors (Lipinski definition) is 8. The number of aromatic nitrogens is 4. The number of benzene rings is 4. The summed E-state index contributed by atoms with van der Waals surface area (Å²) < 4.78 is 14.0. The van der Waals surface area contributed by atoms with Crippen molar-refractivity contribution in [1.82, 2.24) is 19.1 Å². The number of nitrogens with zero attached hydrogens (tertiary/aromatic N) is 7. The number of azide groups is 1. The summed E-state index contributed by atoms with van der Waals surface area (Å²) in [6, 6.07) is 30.9. The van der Waals surface area contributed by atoms with Gasteiger partial charge in [0.15, 0.2) is 10.3 Å². The summed E-state index contributed by atoms with van der Waals surface area (Å²) in [5.41, 5.74) is 23.0. The largest absolute Gasteiger partial charge is 0.465 e. The number of carbonyl (C=O) groups excluding carboxylic acids is 2. The van der Waals surface area contributed by atoms with E-state index in [0.717, 1.165) is 89.2 Å². The molecule has 0 spiro atoms. The Morgan fingerprint density at radius 2 is 1.10 bits per heavy atom. The average molecular weight is 850 g/mol. The molecule has 6 aromatic rings. The molecular weight excluding hydrogens is 799 g/mol. The van der Waals surface area contributed by atoms with Gasteiger partial charge in [0.1, 0.15) is 11.6 Å². The molecule has 0 aliphatic heterocycles. The van der Waals surface area contributed by atoms with E-state index in [0.29, 0.717) is 46.8 Å². The molecular formula is C46H50Cl2N8O4. The van der Waals surface area contributed by atoms with Crippen LogP contribution in [0.25, 0.3) is 32.7 Å². The van der Waals surface area contributed by atoms with Gasteiger partial charge in [-0.2, -0.15) is 0 Å². The molecule has 0 saturated heterocycles. The molecule has 0 aliphatic rings. The van der Waals surface area contributed by atoms with Crippen LogP contribution in [0.1, 0.15) is 94.4 Å². The minimum absolute atomic E-state index is 0.152. The zero-order chi connectivity index (χ0) is 43.0. The topological polar surface area (TPSA) is 163 Å². The van der Waals surface area contributed by atoms with Crippen molar-refractivity contribution in [3.8, 4) is 22.3 Å². The van der Waals surface area contributed by atoms with Crippen LogP contribution >= 0.6 is 23.2 Å². The van der Waals surface area contributed by atoms with E-state index < -0.39 is 0 Å². The fourth-order valence-electron chi connectivity index (χ4n) is 6.87. The van der Waals surface area contributed by atoms with Gasteiger partial charge in [-0.25, -0.2) is 19.6 Å². The fraction of sp³-hybridized carbons (Fsp3) is 0.304. The van der Waals surface area contributed by atoms with Crippen molar-refractivity contribution in [2.75, 3.05) is 14.2 Å². The summed E-state index contributed by atoms with van der Waals surface area (Å²) in [7, 11) is 2.77. The molecule has 0 unspecified atom stereocenters. The van der Waals surface area contributed by atoms with Gasteiger partial charge in [-0.15, -0.1) is 0 Å². The molecule has 6 rings (SSSR count). The highest BCUT2D eigenvalue weighted by atomic mass is 35.5. The van der Waals surface area contributed by atoms with Crippen LogP contribution in [0.3, 0.4) is 0 Å². The predicted octanol–water partition coefficient (Wildman–Crippen LogP) is 11.0. The van der Waals surface area contributed by atoms with Crippen LogP contribution in [0.15, 0.2) is 102 Å². The number of methoxy groups -OCH3 is 2. The van der Waals surface area contributed by atoms with Gasteiger partial charge in [-0.1, -0.05) is 140 Å². The summed E-state index contributed by atoms with van der Waals surface area (Å²) >= 11 is 12.6. The first-order chi connectivity index (χ1) is 29.2. The molecule has 14 heteroatoms. The standard InChI is InChI=1S/C23H24ClN5O2.C23H26ClN3O2/c1-3-4-9-21-27-22(24)20(14-26-28-25)29(21)15-16-10-12-17(13-11-16)18-7-5-6-8-19(18)23(30)31-2;1-3-4-9-21-26-22(24)20(14-25)27(21)15-16-10-12-17(13-11-16)18-7-5-6-8-19(18)23(28)29-2/h5-8,10-13H,3-4,9,14-15H2,1-2H3;5-8,10-13H,3-4,9,14-15,25H2,1-2H3. The zero-order valence-corrected chi connectivity index (χ0v) is 35.9. The van der Waals surface area contributed by atoms with Gasteiger partial charge in [0.2, 0.25) is 0 Å². The number of hydrogen-bond donors (Lipinski definition) is 1. The first-order valence-corrected chi connectivity index (χ1v) is 20.6. The summed E-state index contributed by atoms with van der Waals surface area (Å²) in [5, 5.41) is 4.54. The highest BCUT2D eigenvalue weighted by Crippen LogP contribution is 2.28. The van der Waals surface area contributed by atoms with Crippen LogP contribution in [-0.4, -0.2) is 45.3 Å². The monoisotopic (exact) mass is 848 g/mol. The smallest absolute Gasteiger partial charge is 0.338 e. The Labute approximate surface area is 360 Å². The second-order valence-corrected chi connectivity index (χ2v) is 14.7. The summed E-state index contributed by atoms with van der Waals surface area (Å²) in [5.74, 6) is 1.15. The molecule has 0 radical (unpaired) electrons. The Bertz CT molecular complexity index is 2420. The predicted molar refractivity (Wildman–Crippen MR) is 237 cm³/mol. The average Bonchev–Trinajstić information content (AvgIpc) is 3.75. The van der Waals surface area contributed by atoms with Crippen LogP contribution in [-0.2, 0) is 48.5 Å². The number of unbranched alkanes of at least 4 members (excludes halogenated alkanes) is 2. The Morgan fingerprint density at radius 3 is 1.50 bits per heavy atom. The first kappa shape index (κ1) is 45.2. The molecule has 0 fully saturated rings. The Morgan fingerprint density at radius 1 is 0.683 bits per heavy atom. The van der Waals surface area contributed by atoms with Crippen molar-refractivity contribution in [1.29, 1.82) is 0 Å². The lowest BCUT2D eigenvalue weighted by molar-refractivity contribution is 0.0592. The Kier molecular flexibility index (Phi) is 16.9. The van der Waals surface area contributed by atoms with E-state index in [4.69, 9.17) is 43.9 Å². The first-order valence-electron chi connectivity index (χ1n) is 19.9. The van der Waals surface area contributed by atoms with E-state index in [1.54, 1.807) is 12.1 Å². The molecule has 2 heterocycles. The molecule has 0 amide bonds. The molecule has 0 saturated carbocycles. The van der Waals surface area contributed by atoms with Crippen molar-refractivity contribution in [2.45, 2.75) is 78.6 Å². The second-order valence-electron chi connectivity index (χ2n) is 14.0. The second kappa shape index (κ2) is 22.5. The van der Waals surface area contributed by atoms with Gasteiger partial charge in [0, 0.05) is 37.4 Å². The van der Waals surface area contributed by atoms with E-state index in [1.807, 2.05) is 77.4 Å². The highest BCUT2D eigenvalue weighted by molar-refractivity contribution is 6.30. The normalized spacial score (nSPS) is 10.7. The lowest BCUT2D eigenvalue weighted by Gasteiger charge is -2.13. The van der Waals surface area contributed by atoms with Crippen molar-refractivity contribution in [2.24, 2.45) is 10.8 Å². The van der Waals surface area contributed by atoms with Gasteiger partial charge in [-0.3, -0.25) is 0 Å². The fourth-order valence-corrected chi connectivity index (χ4v) is 7.41. The number of imidazole rings is 2. The quantitative estimate of drug-likeness (QED) is 0.0413. The van der Waals surface area contributed by atoms with Crippen LogP contribution in [0, 0.1) is 0 Å². The number of esters is 2. The van der Waals surface area contributed by atoms with Gasteiger partial charge < -0.3 is 24.3 Å². The molecule has 12 nitrogen and oxygen atoms in total. The zero-order valence-electron chi connectivity index (χ0n) is 34.4. The SMILES string of the molecule is CCCCc1nc(Cl)c(CN)n1Cc1ccc(-c2ccccc2C(=O)OC)cc1.CCCCc1nc(Cl)c(CN=[N+]=[N-])n1Cc1ccc(-c2ccccc2C(=O)OC)cc1. The number of ether oxygens (including phenoxy) is 2. The van der Waals surface area contributed by atoms with Crippen LogP contribution in [0.5, 0.6) is 0 Å². The van der Waals surface area contributed by atoms with Gasteiger partial charge in [0.05, 0.1) is 43.3 Å². The van der Waals surface area contributed by atoms with Gasteiger partial charge >= 0.3 is 11.9 Å². The maximum atomic E-state index is 12.1. The molecule has 0 bridgehead atoms. The molecule has 60 heavy (non-hydrogen) atoms. The number of rotatable bonds is 17. The summed E-state index contributed by atoms with van der Waals surface area (Å²) in [6.45, 7) is 6.00. The van der Waals surface area contributed by atoms with Crippen LogP contribution in [0.2, 0.25) is 10.3 Å². The molecule has 2 aromatic heterocycles. The maximum absolute atomic E-state index is 12.1. The molecule has 2 N–H and O–H groups in total. The number of carbonyl (C=O) groups is 2. The van der Waals surface area contributed by atoms with E-state index in [2.05, 4.69) is 50.5 Å². The van der Waals surface area contributed by atoms with E-state index >= 15 is 0 Å². The van der Waals surface area contributed by atoms with E-state index in [1.165, 1.54) is 14.2 Å². The maximum Gasteiger partial charge on any atom is 0.338 e. The van der Waals surface area contributed by atoms with Crippen LogP contribution in [0.4, 0.5) is 0 Å². The molecule has 0 aliphatic carbocycles. The van der Waals surface area contributed by atoms with Crippen molar-refractivity contribution >= 4 is 35.1 Å². The third-order valence-electron chi connectivity index (χ3n) is 10.1. The summed E-state index contributed by atoms with van der Waals surface area (Å²) in [4.78, 5) is 36.0. The lowest BCUT2D eigenvalue weighted by atomic mass is 9.98. The molecule has 4 aromatic carbocycles. The highest BCUT2D eigenvalue weighted by Gasteiger charge is 2.18. The minimum atomic E-state index is -0.365. The van der Waals surface area contributed by atoms with Gasteiger partial charge in [0.25, 0.3) is 0 Å². The lowest BCUT2D eigenvalue weighted by Crippen LogP contribution is -2.12. The number of halogens is 2. The van der Waals surface area contributed by atoms with Crippen LogP contribution < -0.4 is 5.73 Å².